The van der Waals surface area contributed by atoms with Crippen molar-refractivity contribution in [3.63, 3.8) is 0 Å². The Kier molecular flexibility index (Phi) is 5.84. The van der Waals surface area contributed by atoms with Crippen LogP contribution in [0.1, 0.15) is 38.5 Å². The van der Waals surface area contributed by atoms with Crippen LogP contribution in [-0.2, 0) is 4.74 Å². The molecule has 2 N–H and O–H groups in total. The van der Waals surface area contributed by atoms with Crippen LogP contribution in [0.5, 0.6) is 0 Å². The normalized spacial score (nSPS) is 33.8. The van der Waals surface area contributed by atoms with Crippen LogP contribution in [0.2, 0.25) is 0 Å². The molecule has 1 saturated carbocycles. The third kappa shape index (κ3) is 3.73. The number of nitrogens with two attached hydrogens (primary N) is 1. The second-order valence-corrected chi connectivity index (χ2v) is 7.01. The van der Waals surface area contributed by atoms with Crippen molar-refractivity contribution in [2.24, 2.45) is 11.7 Å². The molecule has 4 heteroatoms. The molecule has 2 atom stereocenters. The predicted molar refractivity (Wildman–Crippen MR) is 83.9 cm³/mol. The van der Waals surface area contributed by atoms with E-state index < -0.39 is 0 Å². The fourth-order valence-corrected chi connectivity index (χ4v) is 4.00. The molecule has 1 aliphatic carbocycles. The van der Waals surface area contributed by atoms with Crippen molar-refractivity contribution >= 4 is 0 Å². The Morgan fingerprint density at radius 3 is 2.60 bits per heavy atom. The third-order valence-corrected chi connectivity index (χ3v) is 5.67. The Labute approximate surface area is 124 Å². The number of likely N-dealkylation sites (tertiary alicyclic amines) is 1. The molecule has 1 heterocycles. The summed E-state index contributed by atoms with van der Waals surface area (Å²) in [7, 11) is 6.35. The summed E-state index contributed by atoms with van der Waals surface area (Å²) in [6.45, 7) is 4.45. The fraction of sp³-hybridized carbons (Fsp3) is 1.00. The zero-order chi connectivity index (χ0) is 14.6. The quantitative estimate of drug-likeness (QED) is 0.831. The van der Waals surface area contributed by atoms with Gasteiger partial charge in [0.25, 0.3) is 0 Å². The summed E-state index contributed by atoms with van der Waals surface area (Å²) in [5.41, 5.74) is 6.35. The number of piperidine rings is 1. The van der Waals surface area contributed by atoms with Gasteiger partial charge >= 0.3 is 0 Å². The van der Waals surface area contributed by atoms with Crippen LogP contribution < -0.4 is 5.73 Å². The summed E-state index contributed by atoms with van der Waals surface area (Å²) in [4.78, 5) is 5.00. The molecule has 4 nitrogen and oxygen atoms in total. The highest BCUT2D eigenvalue weighted by Crippen LogP contribution is 2.34. The number of rotatable bonds is 5. The molecular formula is C16H33N3O. The van der Waals surface area contributed by atoms with Crippen LogP contribution >= 0.6 is 0 Å². The Morgan fingerprint density at radius 1 is 1.30 bits per heavy atom. The molecule has 0 radical (unpaired) electrons. The van der Waals surface area contributed by atoms with Gasteiger partial charge in [0.2, 0.25) is 0 Å². The molecule has 2 unspecified atom stereocenters. The first kappa shape index (κ1) is 16.2. The summed E-state index contributed by atoms with van der Waals surface area (Å²) >= 11 is 0. The van der Waals surface area contributed by atoms with E-state index >= 15 is 0 Å². The highest BCUT2D eigenvalue weighted by atomic mass is 16.5. The molecule has 0 bridgehead atoms. The average Bonchev–Trinajstić information content (AvgIpc) is 2.49. The van der Waals surface area contributed by atoms with Crippen molar-refractivity contribution in [2.75, 3.05) is 47.4 Å². The van der Waals surface area contributed by atoms with Crippen LogP contribution in [-0.4, -0.2) is 68.8 Å². The lowest BCUT2D eigenvalue weighted by Gasteiger charge is -2.48. The first-order chi connectivity index (χ1) is 9.59. The van der Waals surface area contributed by atoms with E-state index in [1.807, 2.05) is 7.11 Å². The lowest BCUT2D eigenvalue weighted by atomic mass is 9.78. The van der Waals surface area contributed by atoms with Crippen molar-refractivity contribution in [3.05, 3.63) is 0 Å². The van der Waals surface area contributed by atoms with E-state index in [0.29, 0.717) is 6.10 Å². The van der Waals surface area contributed by atoms with E-state index in [9.17, 15) is 0 Å². The molecule has 118 valence electrons. The minimum atomic E-state index is 0.169. The Hall–Kier alpha value is -0.160. The predicted octanol–water partition coefficient (Wildman–Crippen LogP) is 1.55. The average molecular weight is 283 g/mol. The van der Waals surface area contributed by atoms with Crippen LogP contribution in [0.3, 0.4) is 0 Å². The SMILES string of the molecule is COC1CCCC(CN)(N(C)CC2CCN(C)CC2)C1. The van der Waals surface area contributed by atoms with Crippen LogP contribution in [0.15, 0.2) is 0 Å². The van der Waals surface area contributed by atoms with Gasteiger partial charge in [-0.15, -0.1) is 0 Å². The van der Waals surface area contributed by atoms with Crippen LogP contribution in [0.25, 0.3) is 0 Å². The van der Waals surface area contributed by atoms with Gasteiger partial charge in [-0.2, -0.15) is 0 Å². The van der Waals surface area contributed by atoms with E-state index in [-0.39, 0.29) is 5.54 Å². The molecular weight excluding hydrogens is 250 g/mol. The number of hydrogen-bond acceptors (Lipinski definition) is 4. The van der Waals surface area contributed by atoms with Gasteiger partial charge in [0.1, 0.15) is 0 Å². The Morgan fingerprint density at radius 2 is 2.00 bits per heavy atom. The zero-order valence-electron chi connectivity index (χ0n) is 13.6. The Bertz CT molecular complexity index is 291. The molecule has 2 aliphatic rings. The van der Waals surface area contributed by atoms with E-state index in [0.717, 1.165) is 18.9 Å². The molecule has 2 fully saturated rings. The maximum atomic E-state index is 6.18. The van der Waals surface area contributed by atoms with Gasteiger partial charge in [-0.25, -0.2) is 0 Å². The lowest BCUT2D eigenvalue weighted by molar-refractivity contribution is -0.0196. The summed E-state index contributed by atoms with van der Waals surface area (Å²) in [5, 5.41) is 0. The molecule has 1 aliphatic heterocycles. The largest absolute Gasteiger partial charge is 0.381 e. The second-order valence-electron chi connectivity index (χ2n) is 7.01. The van der Waals surface area contributed by atoms with Gasteiger partial charge < -0.3 is 15.4 Å². The van der Waals surface area contributed by atoms with Gasteiger partial charge in [-0.3, -0.25) is 4.90 Å². The highest BCUT2D eigenvalue weighted by Gasteiger charge is 2.39. The molecule has 2 rings (SSSR count). The van der Waals surface area contributed by atoms with E-state index in [1.165, 1.54) is 51.7 Å². The van der Waals surface area contributed by atoms with Gasteiger partial charge in [0, 0.05) is 25.7 Å². The summed E-state index contributed by atoms with van der Waals surface area (Å²) < 4.78 is 5.61. The molecule has 0 aromatic carbocycles. The highest BCUT2D eigenvalue weighted by molar-refractivity contribution is 4.96. The maximum absolute atomic E-state index is 6.18. The van der Waals surface area contributed by atoms with Crippen molar-refractivity contribution in [2.45, 2.75) is 50.2 Å². The van der Waals surface area contributed by atoms with E-state index in [4.69, 9.17) is 10.5 Å². The van der Waals surface area contributed by atoms with E-state index in [1.54, 1.807) is 0 Å². The van der Waals surface area contributed by atoms with Gasteiger partial charge in [-0.05, 0) is 71.6 Å². The first-order valence-electron chi connectivity index (χ1n) is 8.22. The number of methoxy groups -OCH3 is 1. The van der Waals surface area contributed by atoms with Crippen molar-refractivity contribution in [3.8, 4) is 0 Å². The van der Waals surface area contributed by atoms with E-state index in [2.05, 4.69) is 23.9 Å². The summed E-state index contributed by atoms with van der Waals surface area (Å²) in [5.74, 6) is 0.836. The number of hydrogen-bond donors (Lipinski definition) is 1. The Balaban J connectivity index is 1.92. The van der Waals surface area contributed by atoms with Gasteiger partial charge in [-0.1, -0.05) is 0 Å². The smallest absolute Gasteiger partial charge is 0.0589 e. The fourth-order valence-electron chi connectivity index (χ4n) is 4.00. The van der Waals surface area contributed by atoms with Crippen molar-refractivity contribution in [1.82, 2.24) is 9.80 Å². The summed E-state index contributed by atoms with van der Waals surface area (Å²) in [6.07, 6.45) is 7.82. The zero-order valence-corrected chi connectivity index (χ0v) is 13.6. The van der Waals surface area contributed by atoms with Gasteiger partial charge in [0.05, 0.1) is 6.10 Å². The minimum Gasteiger partial charge on any atom is -0.381 e. The van der Waals surface area contributed by atoms with Crippen LogP contribution in [0.4, 0.5) is 0 Å². The lowest BCUT2D eigenvalue weighted by Crippen LogP contribution is -2.57. The number of nitrogens with zero attached hydrogens (tertiary/aromatic N) is 2. The topological polar surface area (TPSA) is 41.7 Å². The number of likely N-dealkylation sites (N-methyl/N-ethyl adjacent to an activating group) is 1. The standard InChI is InChI=1S/C16H33N3O/c1-18-9-6-14(7-10-18)12-19(2)16(13-17)8-4-5-15(11-16)20-3/h14-15H,4-13,17H2,1-3H3. The first-order valence-corrected chi connectivity index (χ1v) is 8.22. The van der Waals surface area contributed by atoms with Gasteiger partial charge in [0.15, 0.2) is 0 Å². The molecule has 1 saturated heterocycles. The molecule has 0 aromatic heterocycles. The number of ether oxygens (including phenoxy) is 1. The molecule has 0 amide bonds. The minimum absolute atomic E-state index is 0.169. The van der Waals surface area contributed by atoms with Crippen molar-refractivity contribution < 1.29 is 4.74 Å². The third-order valence-electron chi connectivity index (χ3n) is 5.67. The summed E-state index contributed by atoms with van der Waals surface area (Å²) in [6, 6.07) is 0. The molecule has 20 heavy (non-hydrogen) atoms. The maximum Gasteiger partial charge on any atom is 0.0589 e. The molecule has 0 aromatic rings. The molecule has 0 spiro atoms. The van der Waals surface area contributed by atoms with Crippen LogP contribution in [0, 0.1) is 5.92 Å². The monoisotopic (exact) mass is 283 g/mol. The van der Waals surface area contributed by atoms with Crippen molar-refractivity contribution in [1.29, 1.82) is 0 Å². The second kappa shape index (κ2) is 7.21.